The zero-order valence-electron chi connectivity index (χ0n) is 19.7. The average Bonchev–Trinajstić information content (AvgIpc) is 3.23. The molecule has 6 atom stereocenters. The van der Waals surface area contributed by atoms with Crippen LogP contribution in [0.25, 0.3) is 0 Å². The van der Waals surface area contributed by atoms with Crippen LogP contribution < -0.4 is 14.2 Å². The van der Waals surface area contributed by atoms with Crippen molar-refractivity contribution in [3.8, 4) is 23.0 Å². The van der Waals surface area contributed by atoms with Crippen molar-refractivity contribution in [1.82, 2.24) is 0 Å². The highest BCUT2D eigenvalue weighted by Crippen LogP contribution is 2.52. The summed E-state index contributed by atoms with van der Waals surface area (Å²) in [6.45, 7) is -0.0557. The monoisotopic (exact) mass is 492 g/mol. The minimum Gasteiger partial charge on any atom is -0.504 e. The van der Waals surface area contributed by atoms with Gasteiger partial charge in [-0.05, 0) is 42.2 Å². The highest BCUT2D eigenvalue weighted by Gasteiger charge is 2.42. The number of methoxy groups -OCH3 is 2. The van der Waals surface area contributed by atoms with Crippen LogP contribution in [-0.4, -0.2) is 84.2 Å². The molecule has 192 valence electrons. The Kier molecular flexibility index (Phi) is 8.00. The third-order valence-electron chi connectivity index (χ3n) is 6.42. The number of hydrogen-bond acceptors (Lipinski definition) is 10. The van der Waals surface area contributed by atoms with Crippen LogP contribution in [0, 0.1) is 0 Å². The lowest BCUT2D eigenvalue weighted by atomic mass is 9.90. The van der Waals surface area contributed by atoms with Gasteiger partial charge in [0.05, 0.1) is 33.4 Å². The molecule has 0 spiro atoms. The van der Waals surface area contributed by atoms with Crippen molar-refractivity contribution in [3.63, 3.8) is 0 Å². The van der Waals surface area contributed by atoms with Gasteiger partial charge in [-0.2, -0.15) is 0 Å². The van der Waals surface area contributed by atoms with E-state index in [2.05, 4.69) is 0 Å². The van der Waals surface area contributed by atoms with Gasteiger partial charge in [0.25, 0.3) is 0 Å². The van der Waals surface area contributed by atoms with Gasteiger partial charge in [0.15, 0.2) is 29.3 Å². The Morgan fingerprint density at radius 1 is 1.00 bits per heavy atom. The van der Waals surface area contributed by atoms with Gasteiger partial charge >= 0.3 is 0 Å². The van der Waals surface area contributed by atoms with Crippen LogP contribution in [0.4, 0.5) is 0 Å². The highest BCUT2D eigenvalue weighted by molar-refractivity contribution is 5.56. The summed E-state index contributed by atoms with van der Waals surface area (Å²) in [4.78, 5) is 0. The second-order valence-electron chi connectivity index (χ2n) is 8.70. The van der Waals surface area contributed by atoms with Crippen molar-refractivity contribution >= 4 is 0 Å². The molecule has 10 nitrogen and oxygen atoms in total. The molecule has 10 heteroatoms. The number of aliphatic hydroxyl groups excluding tert-OH is 4. The molecule has 35 heavy (non-hydrogen) atoms. The Hall–Kier alpha value is -2.60. The van der Waals surface area contributed by atoms with E-state index < -0.39 is 30.7 Å². The predicted octanol–water partition coefficient (Wildman–Crippen LogP) is 1.01. The van der Waals surface area contributed by atoms with E-state index in [1.54, 1.807) is 19.2 Å². The molecule has 0 radical (unpaired) electrons. The molecule has 0 aliphatic carbocycles. The molecule has 0 saturated carbocycles. The Morgan fingerprint density at radius 2 is 1.77 bits per heavy atom. The van der Waals surface area contributed by atoms with Gasteiger partial charge in [0, 0.05) is 12.2 Å². The molecular weight excluding hydrogens is 460 g/mol. The molecule has 5 N–H and O–H groups in total. The maximum absolute atomic E-state index is 10.3. The molecule has 2 aromatic rings. The smallest absolute Gasteiger partial charge is 0.186 e. The van der Waals surface area contributed by atoms with Gasteiger partial charge in [-0.15, -0.1) is 0 Å². The number of aromatic hydroxyl groups is 1. The molecule has 6 unspecified atom stereocenters. The Bertz CT molecular complexity index is 1010. The summed E-state index contributed by atoms with van der Waals surface area (Å²) in [5, 5.41) is 49.4. The standard InChI is InChI=1S/C25H32O10/c1-31-19-10-14(5-6-17(19)27)23-16(11-33-25-22(30)21(29)18(28)12-34-25)15-8-13(4-3-7-26)9-20(32-2)24(15)35-23/h5-6,8-10,16,18,21-23,25-30H,3-4,7,11-12H2,1-2H3. The fraction of sp³-hybridized carbons (Fsp3) is 0.520. The largest absolute Gasteiger partial charge is 0.504 e. The number of rotatable bonds is 9. The van der Waals surface area contributed by atoms with Crippen LogP contribution in [0.2, 0.25) is 0 Å². The molecule has 2 aromatic carbocycles. The fourth-order valence-corrected chi connectivity index (χ4v) is 4.51. The van der Waals surface area contributed by atoms with Gasteiger partial charge in [-0.1, -0.05) is 12.1 Å². The second-order valence-corrected chi connectivity index (χ2v) is 8.70. The van der Waals surface area contributed by atoms with Crippen molar-refractivity contribution in [2.24, 2.45) is 0 Å². The molecule has 1 saturated heterocycles. The van der Waals surface area contributed by atoms with E-state index in [-0.39, 0.29) is 31.5 Å². The zero-order valence-corrected chi connectivity index (χ0v) is 19.7. The lowest BCUT2D eigenvalue weighted by Gasteiger charge is -2.35. The van der Waals surface area contributed by atoms with Crippen LogP contribution in [0.5, 0.6) is 23.0 Å². The summed E-state index contributed by atoms with van der Waals surface area (Å²) in [6, 6.07) is 8.79. The lowest BCUT2D eigenvalue weighted by molar-refractivity contribution is -0.271. The number of ether oxygens (including phenoxy) is 5. The molecule has 0 amide bonds. The van der Waals surface area contributed by atoms with Gasteiger partial charge in [0.1, 0.15) is 24.4 Å². The van der Waals surface area contributed by atoms with Crippen molar-refractivity contribution < 1.29 is 49.2 Å². The first kappa shape index (κ1) is 25.5. The molecule has 0 aromatic heterocycles. The van der Waals surface area contributed by atoms with Gasteiger partial charge in [-0.3, -0.25) is 0 Å². The van der Waals surface area contributed by atoms with E-state index >= 15 is 0 Å². The predicted molar refractivity (Wildman–Crippen MR) is 123 cm³/mol. The SMILES string of the molecule is COc1cc(C2Oc3c(OC)cc(CCCO)cc3C2COC2OCC(O)C(O)C2O)ccc1O. The first-order valence-electron chi connectivity index (χ1n) is 11.5. The molecular formula is C25H32O10. The van der Waals surface area contributed by atoms with Gasteiger partial charge < -0.3 is 49.2 Å². The van der Waals surface area contributed by atoms with Crippen molar-refractivity contribution in [3.05, 3.63) is 47.0 Å². The summed E-state index contributed by atoms with van der Waals surface area (Å²) in [6.07, 6.45) is -4.45. The fourth-order valence-electron chi connectivity index (χ4n) is 4.51. The zero-order chi connectivity index (χ0) is 25.1. The number of benzene rings is 2. The van der Waals surface area contributed by atoms with Gasteiger partial charge in [0.2, 0.25) is 0 Å². The first-order valence-corrected chi connectivity index (χ1v) is 11.5. The Balaban J connectivity index is 1.67. The minimum atomic E-state index is -1.42. The Morgan fingerprint density at radius 3 is 2.49 bits per heavy atom. The topological polar surface area (TPSA) is 147 Å². The quantitative estimate of drug-likeness (QED) is 0.344. The highest BCUT2D eigenvalue weighted by atomic mass is 16.7. The Labute approximate surface area is 203 Å². The van der Waals surface area contributed by atoms with Crippen LogP contribution in [0.3, 0.4) is 0 Å². The van der Waals surface area contributed by atoms with Gasteiger partial charge in [-0.25, -0.2) is 0 Å². The van der Waals surface area contributed by atoms with Crippen LogP contribution in [0.1, 0.15) is 35.1 Å². The number of phenolic OH excluding ortho intramolecular Hbond substituents is 1. The summed E-state index contributed by atoms with van der Waals surface area (Å²) in [5.41, 5.74) is 2.50. The van der Waals surface area contributed by atoms with E-state index in [1.165, 1.54) is 13.2 Å². The summed E-state index contributed by atoms with van der Waals surface area (Å²) < 4.78 is 28.5. The number of aryl methyl sites for hydroxylation is 1. The van der Waals surface area contributed by atoms with E-state index in [4.69, 9.17) is 23.7 Å². The summed E-state index contributed by atoms with van der Waals surface area (Å²) >= 11 is 0. The minimum absolute atomic E-state index is 0.00490. The van der Waals surface area contributed by atoms with E-state index in [9.17, 15) is 25.5 Å². The van der Waals surface area contributed by atoms with E-state index in [0.29, 0.717) is 30.1 Å². The summed E-state index contributed by atoms with van der Waals surface area (Å²) in [5.74, 6) is 1.00. The molecule has 4 rings (SSSR count). The molecule has 2 heterocycles. The van der Waals surface area contributed by atoms with Crippen LogP contribution in [0.15, 0.2) is 30.3 Å². The van der Waals surface area contributed by atoms with E-state index in [1.807, 2.05) is 12.1 Å². The molecule has 0 bridgehead atoms. The van der Waals surface area contributed by atoms with Crippen molar-refractivity contribution in [1.29, 1.82) is 0 Å². The third kappa shape index (κ3) is 5.18. The van der Waals surface area contributed by atoms with Crippen molar-refractivity contribution in [2.75, 3.05) is 34.0 Å². The second kappa shape index (κ2) is 11.0. The summed E-state index contributed by atoms with van der Waals surface area (Å²) in [7, 11) is 3.01. The van der Waals surface area contributed by atoms with E-state index in [0.717, 1.165) is 16.7 Å². The lowest BCUT2D eigenvalue weighted by Crippen LogP contribution is -2.53. The van der Waals surface area contributed by atoms with Crippen molar-refractivity contribution in [2.45, 2.75) is 49.5 Å². The molecule has 1 fully saturated rings. The number of fused-ring (bicyclic) bond motifs is 1. The van der Waals surface area contributed by atoms with Crippen LogP contribution >= 0.6 is 0 Å². The average molecular weight is 493 g/mol. The van der Waals surface area contributed by atoms with Crippen LogP contribution in [-0.2, 0) is 15.9 Å². The molecule has 2 aliphatic rings. The maximum atomic E-state index is 10.3. The maximum Gasteiger partial charge on any atom is 0.186 e. The normalized spacial score (nSPS) is 27.8. The number of hydrogen-bond donors (Lipinski definition) is 5. The number of aliphatic hydroxyl groups is 4. The third-order valence-corrected chi connectivity index (χ3v) is 6.42. The first-order chi connectivity index (χ1) is 16.9. The number of phenols is 1. The molecule has 2 aliphatic heterocycles.